The van der Waals surface area contributed by atoms with Crippen LogP contribution in [0.2, 0.25) is 0 Å². The highest BCUT2D eigenvalue weighted by atomic mass is 32.2. The number of methoxy groups -OCH3 is 1. The minimum Gasteiger partial charge on any atom is -0.465 e. The highest BCUT2D eigenvalue weighted by molar-refractivity contribution is 7.92. The summed E-state index contributed by atoms with van der Waals surface area (Å²) in [5, 5.41) is 0. The summed E-state index contributed by atoms with van der Waals surface area (Å²) >= 11 is 1.08. The fourth-order valence-corrected chi connectivity index (χ4v) is 2.99. The van der Waals surface area contributed by atoms with Crippen molar-refractivity contribution < 1.29 is 17.9 Å². The van der Waals surface area contributed by atoms with E-state index in [1.54, 1.807) is 6.92 Å². The molecule has 0 aromatic carbocycles. The summed E-state index contributed by atoms with van der Waals surface area (Å²) in [6.07, 6.45) is 1.11. The van der Waals surface area contributed by atoms with Gasteiger partial charge in [0.2, 0.25) is 0 Å². The molecule has 6 heteroatoms. The van der Waals surface area contributed by atoms with Crippen molar-refractivity contribution in [1.82, 2.24) is 0 Å². The highest BCUT2D eigenvalue weighted by Crippen LogP contribution is 2.25. The van der Waals surface area contributed by atoms with Gasteiger partial charge in [0.05, 0.1) is 12.7 Å². The maximum Gasteiger partial charge on any atom is 0.339 e. The molecule has 14 heavy (non-hydrogen) atoms. The molecule has 1 rings (SSSR count). The van der Waals surface area contributed by atoms with Crippen molar-refractivity contribution in [2.75, 3.05) is 13.4 Å². The molecule has 0 spiro atoms. The van der Waals surface area contributed by atoms with Gasteiger partial charge in [-0.3, -0.25) is 0 Å². The molecular weight excluding hydrogens is 224 g/mol. The van der Waals surface area contributed by atoms with Crippen molar-refractivity contribution in [3.8, 4) is 0 Å². The summed E-state index contributed by atoms with van der Waals surface area (Å²) in [6, 6.07) is 1.35. The molecule has 0 bridgehead atoms. The van der Waals surface area contributed by atoms with E-state index in [9.17, 15) is 13.2 Å². The topological polar surface area (TPSA) is 60.4 Å². The number of rotatable bonds is 2. The Morgan fingerprint density at radius 1 is 1.50 bits per heavy atom. The second-order valence-electron chi connectivity index (χ2n) is 2.80. The van der Waals surface area contributed by atoms with Crippen LogP contribution in [-0.2, 0) is 14.6 Å². The summed E-state index contributed by atoms with van der Waals surface area (Å²) < 4.78 is 27.0. The van der Waals surface area contributed by atoms with Gasteiger partial charge in [0.25, 0.3) is 0 Å². The number of aryl methyl sites for hydroxylation is 1. The van der Waals surface area contributed by atoms with Crippen LogP contribution in [0.1, 0.15) is 15.2 Å². The van der Waals surface area contributed by atoms with Crippen molar-refractivity contribution in [1.29, 1.82) is 0 Å². The number of sulfone groups is 1. The zero-order valence-electron chi connectivity index (χ0n) is 8.03. The normalized spacial score (nSPS) is 11.4. The standard InChI is InChI=1S/C8H10O4S2/c1-5-6(8(9)12-2)4-7(13-5)14(3,10)11/h4H,1-3H3. The van der Waals surface area contributed by atoms with Gasteiger partial charge in [-0.05, 0) is 13.0 Å². The van der Waals surface area contributed by atoms with Gasteiger partial charge in [-0.1, -0.05) is 0 Å². The van der Waals surface area contributed by atoms with Crippen molar-refractivity contribution in [3.05, 3.63) is 16.5 Å². The van der Waals surface area contributed by atoms with Gasteiger partial charge in [-0.2, -0.15) is 0 Å². The molecule has 4 nitrogen and oxygen atoms in total. The molecule has 0 aliphatic rings. The fraction of sp³-hybridized carbons (Fsp3) is 0.375. The van der Waals surface area contributed by atoms with Crippen LogP contribution in [0.25, 0.3) is 0 Å². The van der Waals surface area contributed by atoms with Crippen molar-refractivity contribution in [2.24, 2.45) is 0 Å². The Hall–Kier alpha value is -0.880. The third-order valence-corrected chi connectivity index (χ3v) is 4.52. The van der Waals surface area contributed by atoms with Crippen molar-refractivity contribution in [2.45, 2.75) is 11.1 Å². The van der Waals surface area contributed by atoms with Gasteiger partial charge < -0.3 is 4.74 Å². The van der Waals surface area contributed by atoms with Crippen LogP contribution in [0.3, 0.4) is 0 Å². The molecule has 0 N–H and O–H groups in total. The third kappa shape index (κ3) is 2.13. The van der Waals surface area contributed by atoms with Crippen LogP contribution < -0.4 is 0 Å². The molecule has 0 fully saturated rings. The Morgan fingerprint density at radius 3 is 2.43 bits per heavy atom. The monoisotopic (exact) mass is 234 g/mol. The third-order valence-electron chi connectivity index (χ3n) is 1.67. The number of carbonyl (C=O) groups excluding carboxylic acids is 1. The molecule has 1 aromatic heterocycles. The maximum absolute atomic E-state index is 11.2. The predicted molar refractivity (Wildman–Crippen MR) is 53.5 cm³/mol. The maximum atomic E-state index is 11.2. The lowest BCUT2D eigenvalue weighted by Crippen LogP contribution is -2.01. The van der Waals surface area contributed by atoms with E-state index in [2.05, 4.69) is 4.74 Å². The largest absolute Gasteiger partial charge is 0.465 e. The Bertz CT molecular complexity index is 456. The quantitative estimate of drug-likeness (QED) is 0.722. The average molecular weight is 234 g/mol. The van der Waals surface area contributed by atoms with Gasteiger partial charge in [-0.25, -0.2) is 13.2 Å². The smallest absolute Gasteiger partial charge is 0.339 e. The molecular formula is C8H10O4S2. The molecule has 0 saturated carbocycles. The number of carbonyl (C=O) groups is 1. The van der Waals surface area contributed by atoms with E-state index in [0.29, 0.717) is 10.4 Å². The van der Waals surface area contributed by atoms with Crippen LogP contribution in [0.4, 0.5) is 0 Å². The molecule has 1 aromatic rings. The summed E-state index contributed by atoms with van der Waals surface area (Å²) in [7, 11) is -1.97. The van der Waals surface area contributed by atoms with Gasteiger partial charge >= 0.3 is 5.97 Å². The first-order valence-electron chi connectivity index (χ1n) is 3.75. The zero-order valence-corrected chi connectivity index (χ0v) is 9.66. The lowest BCUT2D eigenvalue weighted by molar-refractivity contribution is 0.0600. The first-order valence-corrected chi connectivity index (χ1v) is 6.46. The number of thiophene rings is 1. The molecule has 0 saturated heterocycles. The second kappa shape index (κ2) is 3.70. The van der Waals surface area contributed by atoms with Gasteiger partial charge in [0, 0.05) is 11.1 Å². The number of hydrogen-bond acceptors (Lipinski definition) is 5. The second-order valence-corrected chi connectivity index (χ2v) is 6.30. The zero-order chi connectivity index (χ0) is 10.9. The van der Waals surface area contributed by atoms with E-state index in [1.807, 2.05) is 0 Å². The van der Waals surface area contributed by atoms with E-state index in [0.717, 1.165) is 17.6 Å². The first-order chi connectivity index (χ1) is 6.36. The molecule has 0 unspecified atom stereocenters. The Kier molecular flexibility index (Phi) is 2.96. The van der Waals surface area contributed by atoms with Gasteiger partial charge in [0.15, 0.2) is 9.84 Å². The Balaban J connectivity index is 3.25. The summed E-state index contributed by atoms with van der Waals surface area (Å²) in [5.41, 5.74) is 0.318. The van der Waals surface area contributed by atoms with E-state index in [1.165, 1.54) is 13.2 Å². The molecule has 0 radical (unpaired) electrons. The summed E-state index contributed by atoms with van der Waals surface area (Å²) in [5.74, 6) is -0.506. The lowest BCUT2D eigenvalue weighted by Gasteiger charge is -1.94. The molecule has 0 aliphatic carbocycles. The number of esters is 1. The molecule has 0 atom stereocenters. The molecule has 0 aliphatic heterocycles. The van der Waals surface area contributed by atoms with Crippen molar-refractivity contribution >= 4 is 27.1 Å². The molecule has 1 heterocycles. The fourth-order valence-electron chi connectivity index (χ4n) is 0.950. The summed E-state index contributed by atoms with van der Waals surface area (Å²) in [4.78, 5) is 11.8. The van der Waals surface area contributed by atoms with E-state index < -0.39 is 15.8 Å². The Labute approximate surface area is 86.4 Å². The number of ether oxygens (including phenoxy) is 1. The average Bonchev–Trinajstić information content (AvgIpc) is 2.45. The molecule has 78 valence electrons. The van der Waals surface area contributed by atoms with Crippen LogP contribution in [-0.4, -0.2) is 27.8 Å². The van der Waals surface area contributed by atoms with Crippen LogP contribution >= 0.6 is 11.3 Å². The van der Waals surface area contributed by atoms with E-state index in [4.69, 9.17) is 0 Å². The molecule has 0 amide bonds. The highest BCUT2D eigenvalue weighted by Gasteiger charge is 2.18. The lowest BCUT2D eigenvalue weighted by atomic mass is 10.3. The number of hydrogen-bond donors (Lipinski definition) is 0. The summed E-state index contributed by atoms with van der Waals surface area (Å²) in [6.45, 7) is 1.69. The van der Waals surface area contributed by atoms with Gasteiger partial charge in [0.1, 0.15) is 4.21 Å². The predicted octanol–water partition coefficient (Wildman–Crippen LogP) is 1.25. The van der Waals surface area contributed by atoms with Crippen molar-refractivity contribution in [3.63, 3.8) is 0 Å². The minimum atomic E-state index is -3.24. The minimum absolute atomic E-state index is 0.190. The van der Waals surface area contributed by atoms with Gasteiger partial charge in [-0.15, -0.1) is 11.3 Å². The van der Waals surface area contributed by atoms with Crippen LogP contribution in [0.5, 0.6) is 0 Å². The first kappa shape index (κ1) is 11.2. The van der Waals surface area contributed by atoms with E-state index >= 15 is 0 Å². The van der Waals surface area contributed by atoms with E-state index in [-0.39, 0.29) is 4.21 Å². The van der Waals surface area contributed by atoms with Crippen LogP contribution in [0, 0.1) is 6.92 Å². The Morgan fingerprint density at radius 2 is 2.07 bits per heavy atom. The SMILES string of the molecule is COC(=O)c1cc(S(C)(=O)=O)sc1C. The van der Waals surface area contributed by atoms with Crippen LogP contribution in [0.15, 0.2) is 10.3 Å².